The van der Waals surface area contributed by atoms with Crippen molar-refractivity contribution >= 4 is 23.2 Å². The van der Waals surface area contributed by atoms with Crippen LogP contribution in [0.5, 0.6) is 0 Å². The van der Waals surface area contributed by atoms with Crippen molar-refractivity contribution in [2.45, 2.75) is 12.8 Å². The van der Waals surface area contributed by atoms with Crippen molar-refractivity contribution in [3.8, 4) is 0 Å². The van der Waals surface area contributed by atoms with Gasteiger partial charge >= 0.3 is 0 Å². The van der Waals surface area contributed by atoms with Crippen LogP contribution in [0.1, 0.15) is 18.4 Å². The van der Waals surface area contributed by atoms with Gasteiger partial charge in [0.15, 0.2) is 0 Å². The van der Waals surface area contributed by atoms with Crippen LogP contribution in [0.3, 0.4) is 0 Å². The molecule has 5 heteroatoms. The molecule has 26 heavy (non-hydrogen) atoms. The van der Waals surface area contributed by atoms with E-state index in [-0.39, 0.29) is 5.91 Å². The quantitative estimate of drug-likeness (QED) is 0.845. The number of nitrogens with one attached hydrogen (secondary N) is 1. The number of para-hydroxylation sites is 1. The molecule has 1 fully saturated rings. The Hall–Kier alpha value is -2.04. The molecule has 1 aliphatic heterocycles. The van der Waals surface area contributed by atoms with Crippen LogP contribution in [0.4, 0.5) is 5.69 Å². The minimum atomic E-state index is 0.0963. The van der Waals surface area contributed by atoms with E-state index in [0.29, 0.717) is 19.0 Å². The van der Waals surface area contributed by atoms with Crippen molar-refractivity contribution in [3.63, 3.8) is 0 Å². The number of hydrogen-bond acceptors (Lipinski definition) is 3. The van der Waals surface area contributed by atoms with Crippen molar-refractivity contribution in [2.24, 2.45) is 0 Å². The third kappa shape index (κ3) is 4.99. The van der Waals surface area contributed by atoms with Gasteiger partial charge in [-0.15, -0.1) is 0 Å². The van der Waals surface area contributed by atoms with Crippen molar-refractivity contribution < 1.29 is 4.79 Å². The highest BCUT2D eigenvalue weighted by molar-refractivity contribution is 6.33. The number of rotatable bonds is 6. The molecule has 1 amide bonds. The van der Waals surface area contributed by atoms with Gasteiger partial charge in [-0.05, 0) is 23.6 Å². The first-order chi connectivity index (χ1) is 12.6. The van der Waals surface area contributed by atoms with E-state index < -0.39 is 0 Å². The third-order valence-electron chi connectivity index (χ3n) is 4.91. The SMILES string of the molecule is C[C@@H](CNC(=O)CN1CCN(c2ccccc2Cl)CC1)c1ccccc1. The maximum Gasteiger partial charge on any atom is 0.234 e. The van der Waals surface area contributed by atoms with Gasteiger partial charge in [0, 0.05) is 32.7 Å². The maximum absolute atomic E-state index is 12.3. The van der Waals surface area contributed by atoms with Crippen molar-refractivity contribution in [1.29, 1.82) is 0 Å². The number of carbonyl (C=O) groups excluding carboxylic acids is 1. The predicted molar refractivity (Wildman–Crippen MR) is 108 cm³/mol. The summed E-state index contributed by atoms with van der Waals surface area (Å²) >= 11 is 6.28. The highest BCUT2D eigenvalue weighted by atomic mass is 35.5. The molecular weight excluding hydrogens is 346 g/mol. The molecule has 0 aliphatic carbocycles. The van der Waals surface area contributed by atoms with Gasteiger partial charge in [-0.25, -0.2) is 0 Å². The Morgan fingerprint density at radius 1 is 1.04 bits per heavy atom. The summed E-state index contributed by atoms with van der Waals surface area (Å²) in [4.78, 5) is 16.8. The topological polar surface area (TPSA) is 35.6 Å². The number of amides is 1. The van der Waals surface area contributed by atoms with Gasteiger partial charge in [0.25, 0.3) is 0 Å². The number of benzene rings is 2. The molecule has 1 aliphatic rings. The number of hydrogen-bond donors (Lipinski definition) is 1. The van der Waals surface area contributed by atoms with Crippen LogP contribution in [-0.4, -0.2) is 50.1 Å². The van der Waals surface area contributed by atoms with Crippen molar-refractivity contribution in [2.75, 3.05) is 44.2 Å². The van der Waals surface area contributed by atoms with Gasteiger partial charge < -0.3 is 10.2 Å². The first kappa shape index (κ1) is 18.7. The lowest BCUT2D eigenvalue weighted by Gasteiger charge is -2.36. The zero-order valence-corrected chi connectivity index (χ0v) is 16.0. The molecule has 0 aromatic heterocycles. The van der Waals surface area contributed by atoms with E-state index in [9.17, 15) is 4.79 Å². The minimum absolute atomic E-state index is 0.0963. The molecule has 1 heterocycles. The fraction of sp³-hybridized carbons (Fsp3) is 0.381. The Morgan fingerprint density at radius 2 is 1.69 bits per heavy atom. The highest BCUT2D eigenvalue weighted by Gasteiger charge is 2.20. The molecule has 4 nitrogen and oxygen atoms in total. The summed E-state index contributed by atoms with van der Waals surface area (Å²) in [6.45, 7) is 6.77. The fourth-order valence-corrected chi connectivity index (χ4v) is 3.54. The normalized spacial score (nSPS) is 16.3. The van der Waals surface area contributed by atoms with Crippen LogP contribution in [0.15, 0.2) is 54.6 Å². The Labute approximate surface area is 160 Å². The molecule has 2 aromatic carbocycles. The second kappa shape index (κ2) is 9.06. The number of carbonyl (C=O) groups is 1. The van der Waals surface area contributed by atoms with E-state index in [1.54, 1.807) is 0 Å². The Bertz CT molecular complexity index is 714. The summed E-state index contributed by atoms with van der Waals surface area (Å²) in [6.07, 6.45) is 0. The van der Waals surface area contributed by atoms with Gasteiger partial charge in [-0.1, -0.05) is 61.0 Å². The van der Waals surface area contributed by atoms with E-state index in [0.717, 1.165) is 36.9 Å². The Balaban J connectivity index is 1.41. The van der Waals surface area contributed by atoms with E-state index in [1.807, 2.05) is 36.4 Å². The molecule has 3 rings (SSSR count). The number of piperazine rings is 1. The number of halogens is 1. The molecule has 0 radical (unpaired) electrons. The zero-order valence-electron chi connectivity index (χ0n) is 15.2. The average Bonchev–Trinajstić information content (AvgIpc) is 2.68. The Kier molecular flexibility index (Phi) is 6.53. The lowest BCUT2D eigenvalue weighted by atomic mass is 10.0. The molecule has 2 aromatic rings. The predicted octanol–water partition coefficient (Wildman–Crippen LogP) is 3.38. The first-order valence-electron chi connectivity index (χ1n) is 9.17. The third-order valence-corrected chi connectivity index (χ3v) is 5.23. The lowest BCUT2D eigenvalue weighted by molar-refractivity contribution is -0.122. The first-order valence-corrected chi connectivity index (χ1v) is 9.55. The minimum Gasteiger partial charge on any atom is -0.368 e. The standard InChI is InChI=1S/C21H26ClN3O/c1-17(18-7-3-2-4-8-18)15-23-21(26)16-24-11-13-25(14-12-24)20-10-6-5-9-19(20)22/h2-10,17H,11-16H2,1H3,(H,23,26)/t17-/m0/s1. The van der Waals surface area contributed by atoms with E-state index in [4.69, 9.17) is 11.6 Å². The van der Waals surface area contributed by atoms with Crippen molar-refractivity contribution in [1.82, 2.24) is 10.2 Å². The molecule has 0 unspecified atom stereocenters. The lowest BCUT2D eigenvalue weighted by Crippen LogP contribution is -2.49. The van der Waals surface area contributed by atoms with Crippen LogP contribution in [-0.2, 0) is 4.79 Å². The van der Waals surface area contributed by atoms with Gasteiger partial charge in [-0.3, -0.25) is 9.69 Å². The molecule has 0 spiro atoms. The monoisotopic (exact) mass is 371 g/mol. The molecule has 1 saturated heterocycles. The van der Waals surface area contributed by atoms with E-state index in [1.165, 1.54) is 5.56 Å². The number of anilines is 1. The fourth-order valence-electron chi connectivity index (χ4n) is 3.28. The van der Waals surface area contributed by atoms with Gasteiger partial charge in [0.1, 0.15) is 0 Å². The maximum atomic E-state index is 12.3. The van der Waals surface area contributed by atoms with Crippen LogP contribution >= 0.6 is 11.6 Å². The van der Waals surface area contributed by atoms with Gasteiger partial charge in [0.2, 0.25) is 5.91 Å². The zero-order chi connectivity index (χ0) is 18.4. The highest BCUT2D eigenvalue weighted by Crippen LogP contribution is 2.25. The van der Waals surface area contributed by atoms with E-state index in [2.05, 4.69) is 40.2 Å². The summed E-state index contributed by atoms with van der Waals surface area (Å²) in [7, 11) is 0. The summed E-state index contributed by atoms with van der Waals surface area (Å²) in [6, 6.07) is 18.2. The molecule has 0 bridgehead atoms. The summed E-state index contributed by atoms with van der Waals surface area (Å²) < 4.78 is 0. The van der Waals surface area contributed by atoms with Crippen LogP contribution in [0, 0.1) is 0 Å². The van der Waals surface area contributed by atoms with Gasteiger partial charge in [0.05, 0.1) is 17.3 Å². The average molecular weight is 372 g/mol. The second-order valence-corrected chi connectivity index (χ2v) is 7.24. The molecule has 1 N–H and O–H groups in total. The molecule has 1 atom stereocenters. The van der Waals surface area contributed by atoms with Crippen LogP contribution in [0.25, 0.3) is 0 Å². The molecular formula is C21H26ClN3O. The van der Waals surface area contributed by atoms with Crippen LogP contribution < -0.4 is 10.2 Å². The van der Waals surface area contributed by atoms with Gasteiger partial charge in [-0.2, -0.15) is 0 Å². The molecule has 138 valence electrons. The summed E-state index contributed by atoms with van der Waals surface area (Å²) in [5, 5.41) is 3.85. The number of nitrogens with zero attached hydrogens (tertiary/aromatic N) is 2. The van der Waals surface area contributed by atoms with E-state index >= 15 is 0 Å². The summed E-state index contributed by atoms with van der Waals surface area (Å²) in [5.41, 5.74) is 2.33. The smallest absolute Gasteiger partial charge is 0.234 e. The second-order valence-electron chi connectivity index (χ2n) is 6.83. The van der Waals surface area contributed by atoms with Crippen LogP contribution in [0.2, 0.25) is 5.02 Å². The summed E-state index contributed by atoms with van der Waals surface area (Å²) in [5.74, 6) is 0.413. The molecule has 0 saturated carbocycles. The largest absolute Gasteiger partial charge is 0.368 e. The Morgan fingerprint density at radius 3 is 2.38 bits per heavy atom. The van der Waals surface area contributed by atoms with Crippen molar-refractivity contribution in [3.05, 3.63) is 65.2 Å².